The predicted octanol–water partition coefficient (Wildman–Crippen LogP) is 0.332. The lowest BCUT2D eigenvalue weighted by molar-refractivity contribution is 0.0939. The highest BCUT2D eigenvalue weighted by molar-refractivity contribution is 5.91. The molecule has 1 aromatic rings. The highest BCUT2D eigenvalue weighted by Crippen LogP contribution is 2.02. The molecule has 6 heteroatoms. The first-order chi connectivity index (χ1) is 8.27. The number of hydrogen-bond acceptors (Lipinski definition) is 5. The maximum absolute atomic E-state index is 11.6. The molecule has 96 valence electrons. The van der Waals surface area contributed by atoms with Crippen molar-refractivity contribution in [3.05, 3.63) is 17.8 Å². The number of aromatic nitrogens is 1. The molecule has 0 aliphatic carbocycles. The van der Waals surface area contributed by atoms with Gasteiger partial charge in [-0.05, 0) is 13.3 Å². The van der Waals surface area contributed by atoms with Crippen LogP contribution in [0.4, 0.5) is 0 Å². The molecular formula is C11H19N3O3. The molecule has 0 saturated heterocycles. The van der Waals surface area contributed by atoms with Gasteiger partial charge in [-0.2, -0.15) is 0 Å². The van der Waals surface area contributed by atoms with E-state index >= 15 is 0 Å². The van der Waals surface area contributed by atoms with Gasteiger partial charge in [0.15, 0.2) is 11.6 Å². The summed E-state index contributed by atoms with van der Waals surface area (Å²) in [5, 5.41) is 2.74. The molecule has 1 aromatic heterocycles. The third-order valence-corrected chi connectivity index (χ3v) is 2.10. The zero-order valence-corrected chi connectivity index (χ0v) is 10.1. The second-order valence-corrected chi connectivity index (χ2v) is 3.47. The molecule has 1 rings (SSSR count). The summed E-state index contributed by atoms with van der Waals surface area (Å²) in [5.41, 5.74) is 5.65. The van der Waals surface area contributed by atoms with Gasteiger partial charge in [0.2, 0.25) is 0 Å². The van der Waals surface area contributed by atoms with E-state index in [1.165, 1.54) is 6.26 Å². The zero-order valence-electron chi connectivity index (χ0n) is 10.1. The summed E-state index contributed by atoms with van der Waals surface area (Å²) in [5.74, 6) is 0.264. The molecule has 0 unspecified atom stereocenters. The van der Waals surface area contributed by atoms with Crippen LogP contribution >= 0.6 is 0 Å². The number of nitrogens with two attached hydrogens (primary N) is 1. The van der Waals surface area contributed by atoms with Crippen LogP contribution in [0.15, 0.2) is 10.7 Å². The van der Waals surface area contributed by atoms with Gasteiger partial charge in [0, 0.05) is 32.7 Å². The summed E-state index contributed by atoms with van der Waals surface area (Å²) in [6.45, 7) is 4.30. The number of rotatable bonds is 8. The molecule has 0 radical (unpaired) electrons. The average Bonchev–Trinajstić information content (AvgIpc) is 2.78. The van der Waals surface area contributed by atoms with Gasteiger partial charge in [0.05, 0.1) is 0 Å². The fraction of sp³-hybridized carbons (Fsp3) is 0.636. The number of ether oxygens (including phenoxy) is 1. The molecular weight excluding hydrogens is 222 g/mol. The minimum absolute atomic E-state index is 0.228. The van der Waals surface area contributed by atoms with E-state index in [1.54, 1.807) is 0 Å². The molecule has 0 bridgehead atoms. The summed E-state index contributed by atoms with van der Waals surface area (Å²) < 4.78 is 10.3. The van der Waals surface area contributed by atoms with E-state index in [-0.39, 0.29) is 5.91 Å². The van der Waals surface area contributed by atoms with Crippen molar-refractivity contribution in [1.29, 1.82) is 0 Å². The van der Waals surface area contributed by atoms with Crippen molar-refractivity contribution in [1.82, 2.24) is 10.3 Å². The highest BCUT2D eigenvalue weighted by atomic mass is 16.5. The minimum Gasteiger partial charge on any atom is -0.448 e. The Bertz CT molecular complexity index is 338. The Morgan fingerprint density at radius 3 is 3.18 bits per heavy atom. The normalized spacial score (nSPS) is 10.5. The van der Waals surface area contributed by atoms with Crippen LogP contribution in [0, 0.1) is 0 Å². The molecule has 0 saturated carbocycles. The predicted molar refractivity (Wildman–Crippen MR) is 62.7 cm³/mol. The fourth-order valence-corrected chi connectivity index (χ4v) is 1.26. The number of amides is 1. The quantitative estimate of drug-likeness (QED) is 0.640. The van der Waals surface area contributed by atoms with Gasteiger partial charge in [-0.3, -0.25) is 4.79 Å². The number of nitrogens with one attached hydrogen (secondary N) is 1. The summed E-state index contributed by atoms with van der Waals surface area (Å²) in [4.78, 5) is 15.6. The molecule has 0 fully saturated rings. The van der Waals surface area contributed by atoms with Gasteiger partial charge in [-0.1, -0.05) is 0 Å². The maximum Gasteiger partial charge on any atom is 0.273 e. The van der Waals surface area contributed by atoms with E-state index in [9.17, 15) is 4.79 Å². The second kappa shape index (κ2) is 7.81. The Morgan fingerprint density at radius 1 is 1.65 bits per heavy atom. The van der Waals surface area contributed by atoms with E-state index in [4.69, 9.17) is 14.9 Å². The SMILES string of the molecule is CCOCCCNC(=O)c1coc(CCN)n1. The van der Waals surface area contributed by atoms with E-state index in [1.807, 2.05) is 6.92 Å². The van der Waals surface area contributed by atoms with E-state index in [0.29, 0.717) is 44.3 Å². The average molecular weight is 241 g/mol. The van der Waals surface area contributed by atoms with Crippen LogP contribution in [0.5, 0.6) is 0 Å². The van der Waals surface area contributed by atoms with Crippen molar-refractivity contribution < 1.29 is 13.9 Å². The lowest BCUT2D eigenvalue weighted by Crippen LogP contribution is -2.25. The number of carbonyl (C=O) groups is 1. The molecule has 6 nitrogen and oxygen atoms in total. The topological polar surface area (TPSA) is 90.4 Å². The van der Waals surface area contributed by atoms with Gasteiger partial charge >= 0.3 is 0 Å². The van der Waals surface area contributed by atoms with Gasteiger partial charge in [-0.15, -0.1) is 0 Å². The lowest BCUT2D eigenvalue weighted by Gasteiger charge is -2.02. The zero-order chi connectivity index (χ0) is 12.5. The van der Waals surface area contributed by atoms with Crippen molar-refractivity contribution in [2.24, 2.45) is 5.73 Å². The van der Waals surface area contributed by atoms with Crippen LogP contribution < -0.4 is 11.1 Å². The standard InChI is InChI=1S/C11H19N3O3/c1-2-16-7-3-6-13-11(15)9-8-17-10(14-9)4-5-12/h8H,2-7,12H2,1H3,(H,13,15). The van der Waals surface area contributed by atoms with Crippen molar-refractivity contribution >= 4 is 5.91 Å². The van der Waals surface area contributed by atoms with Gasteiger partial charge in [0.25, 0.3) is 5.91 Å². The number of nitrogens with zero attached hydrogens (tertiary/aromatic N) is 1. The molecule has 0 atom stereocenters. The van der Waals surface area contributed by atoms with E-state index < -0.39 is 0 Å². The summed E-state index contributed by atoms with van der Waals surface area (Å²) in [6.07, 6.45) is 2.67. The van der Waals surface area contributed by atoms with Crippen LogP contribution in [0.25, 0.3) is 0 Å². The minimum atomic E-state index is -0.228. The smallest absolute Gasteiger partial charge is 0.273 e. The second-order valence-electron chi connectivity index (χ2n) is 3.47. The van der Waals surface area contributed by atoms with Crippen LogP contribution in [0.3, 0.4) is 0 Å². The van der Waals surface area contributed by atoms with Gasteiger partial charge in [-0.25, -0.2) is 4.98 Å². The van der Waals surface area contributed by atoms with Crippen molar-refractivity contribution in [2.75, 3.05) is 26.3 Å². The molecule has 0 aliphatic heterocycles. The Hall–Kier alpha value is -1.40. The van der Waals surface area contributed by atoms with Crippen LogP contribution in [-0.4, -0.2) is 37.2 Å². The monoisotopic (exact) mass is 241 g/mol. The first-order valence-corrected chi connectivity index (χ1v) is 5.78. The van der Waals surface area contributed by atoms with Gasteiger partial charge in [0.1, 0.15) is 6.26 Å². The third-order valence-electron chi connectivity index (χ3n) is 2.10. The summed E-state index contributed by atoms with van der Waals surface area (Å²) >= 11 is 0. The molecule has 1 heterocycles. The van der Waals surface area contributed by atoms with Crippen molar-refractivity contribution in [3.8, 4) is 0 Å². The van der Waals surface area contributed by atoms with E-state index in [2.05, 4.69) is 10.3 Å². The van der Waals surface area contributed by atoms with Crippen LogP contribution in [-0.2, 0) is 11.2 Å². The molecule has 1 amide bonds. The number of oxazole rings is 1. The molecule has 17 heavy (non-hydrogen) atoms. The number of carbonyl (C=O) groups excluding carboxylic acids is 1. The van der Waals surface area contributed by atoms with Crippen molar-refractivity contribution in [2.45, 2.75) is 19.8 Å². The fourth-order valence-electron chi connectivity index (χ4n) is 1.26. The van der Waals surface area contributed by atoms with E-state index in [0.717, 1.165) is 6.42 Å². The first-order valence-electron chi connectivity index (χ1n) is 5.78. The van der Waals surface area contributed by atoms with Crippen LogP contribution in [0.1, 0.15) is 29.7 Å². The molecule has 0 spiro atoms. The molecule has 3 N–H and O–H groups in total. The first kappa shape index (κ1) is 13.7. The lowest BCUT2D eigenvalue weighted by atomic mass is 10.4. The summed E-state index contributed by atoms with van der Waals surface area (Å²) in [6, 6.07) is 0. The summed E-state index contributed by atoms with van der Waals surface area (Å²) in [7, 11) is 0. The third kappa shape index (κ3) is 4.97. The maximum atomic E-state index is 11.6. The largest absolute Gasteiger partial charge is 0.448 e. The van der Waals surface area contributed by atoms with Gasteiger partial charge < -0.3 is 20.2 Å². The van der Waals surface area contributed by atoms with Crippen molar-refractivity contribution in [3.63, 3.8) is 0 Å². The molecule has 0 aromatic carbocycles. The Kier molecular flexibility index (Phi) is 6.27. The Balaban J connectivity index is 2.26. The van der Waals surface area contributed by atoms with Crippen LogP contribution in [0.2, 0.25) is 0 Å². The molecule has 0 aliphatic rings. The highest BCUT2D eigenvalue weighted by Gasteiger charge is 2.10. The number of hydrogen-bond donors (Lipinski definition) is 2. The Labute approximate surface area is 101 Å². The Morgan fingerprint density at radius 2 is 2.47 bits per heavy atom.